The van der Waals surface area contributed by atoms with Crippen LogP contribution in [0.1, 0.15) is 18.5 Å². The van der Waals surface area contributed by atoms with Crippen molar-refractivity contribution in [1.29, 1.82) is 0 Å². The number of nitrogens with one attached hydrogen (secondary N) is 1. The van der Waals surface area contributed by atoms with E-state index < -0.39 is 5.97 Å². The summed E-state index contributed by atoms with van der Waals surface area (Å²) in [5.41, 5.74) is 1.09. The molecule has 6 nitrogen and oxygen atoms in total. The lowest BCUT2D eigenvalue weighted by atomic mass is 9.80. The normalized spacial score (nSPS) is 19.9. The molecule has 0 atom stereocenters. The second-order valence-electron chi connectivity index (χ2n) is 5.60. The van der Waals surface area contributed by atoms with Crippen molar-refractivity contribution in [3.63, 3.8) is 0 Å². The molecule has 120 valence electrons. The van der Waals surface area contributed by atoms with Gasteiger partial charge in [-0.3, -0.25) is 9.59 Å². The van der Waals surface area contributed by atoms with Gasteiger partial charge in [0.15, 0.2) is 0 Å². The summed E-state index contributed by atoms with van der Waals surface area (Å²) in [6, 6.07) is 5.62. The van der Waals surface area contributed by atoms with Gasteiger partial charge in [0.1, 0.15) is 12.1 Å². The van der Waals surface area contributed by atoms with Crippen molar-refractivity contribution >= 4 is 11.9 Å². The molecule has 1 heterocycles. The third-order valence-electron chi connectivity index (χ3n) is 3.84. The highest BCUT2D eigenvalue weighted by Gasteiger charge is 2.35. The molecule has 23 heavy (non-hydrogen) atoms. The number of hydrogen-bond acceptors (Lipinski definition) is 4. The number of rotatable bonds is 5. The first-order valence-corrected chi connectivity index (χ1v) is 7.24. The topological polar surface area (TPSA) is 92.4 Å². The van der Waals surface area contributed by atoms with Crippen molar-refractivity contribution in [2.24, 2.45) is 5.92 Å². The summed E-state index contributed by atoms with van der Waals surface area (Å²) in [5, 5.41) is 11.6. The van der Waals surface area contributed by atoms with Crippen LogP contribution in [0.3, 0.4) is 0 Å². The number of carboxylic acid groups (broad SMARTS) is 1. The Bertz CT molecular complexity index is 720. The number of halogens is 1. The summed E-state index contributed by atoms with van der Waals surface area (Å²) >= 11 is 0. The monoisotopic (exact) mass is 318 g/mol. The molecule has 0 saturated heterocycles. The Labute approximate surface area is 131 Å². The van der Waals surface area contributed by atoms with Crippen molar-refractivity contribution in [2.75, 3.05) is 0 Å². The average molecular weight is 318 g/mol. The van der Waals surface area contributed by atoms with E-state index in [-0.39, 0.29) is 30.1 Å². The van der Waals surface area contributed by atoms with Crippen LogP contribution >= 0.6 is 0 Å². The summed E-state index contributed by atoms with van der Waals surface area (Å²) in [7, 11) is 0. The quantitative estimate of drug-likeness (QED) is 0.879. The van der Waals surface area contributed by atoms with Gasteiger partial charge in [-0.1, -0.05) is 0 Å². The van der Waals surface area contributed by atoms with Gasteiger partial charge in [-0.25, -0.2) is 9.37 Å². The maximum Gasteiger partial charge on any atom is 0.306 e. The molecule has 1 amide bonds. The SMILES string of the molecule is O=C(Cc1coc(-c2ccc(F)cc2)n1)NC1CC(C(=O)O)C1. The van der Waals surface area contributed by atoms with E-state index in [0.29, 0.717) is 30.0 Å². The number of benzene rings is 1. The minimum atomic E-state index is -0.823. The largest absolute Gasteiger partial charge is 0.481 e. The standard InChI is InChI=1S/C16H15FN2O4/c17-11-3-1-9(2-4-11)15-19-13(8-23-15)7-14(20)18-12-5-10(6-12)16(21)22/h1-4,8,10,12H,5-7H2,(H,18,20)(H,21,22). The third kappa shape index (κ3) is 3.56. The van der Waals surface area contributed by atoms with Gasteiger partial charge in [-0.15, -0.1) is 0 Å². The molecule has 3 rings (SSSR count). The van der Waals surface area contributed by atoms with E-state index in [1.807, 2.05) is 0 Å². The predicted molar refractivity (Wildman–Crippen MR) is 77.9 cm³/mol. The Morgan fingerprint density at radius 1 is 1.30 bits per heavy atom. The Morgan fingerprint density at radius 2 is 2.00 bits per heavy atom. The van der Waals surface area contributed by atoms with Crippen LogP contribution in [0.4, 0.5) is 4.39 Å². The van der Waals surface area contributed by atoms with E-state index in [1.165, 1.54) is 18.4 Å². The fourth-order valence-corrected chi connectivity index (χ4v) is 2.49. The van der Waals surface area contributed by atoms with Gasteiger partial charge < -0.3 is 14.8 Å². The number of amides is 1. The van der Waals surface area contributed by atoms with Crippen LogP contribution in [-0.4, -0.2) is 28.0 Å². The Balaban J connectivity index is 1.54. The number of aromatic nitrogens is 1. The minimum absolute atomic E-state index is 0.0545. The first-order chi connectivity index (χ1) is 11.0. The lowest BCUT2D eigenvalue weighted by molar-refractivity contribution is -0.146. The average Bonchev–Trinajstić information content (AvgIpc) is 2.91. The van der Waals surface area contributed by atoms with E-state index in [0.717, 1.165) is 0 Å². The molecule has 7 heteroatoms. The van der Waals surface area contributed by atoms with Gasteiger partial charge >= 0.3 is 5.97 Å². The van der Waals surface area contributed by atoms with Crippen molar-refractivity contribution < 1.29 is 23.5 Å². The van der Waals surface area contributed by atoms with Gasteiger partial charge in [0.25, 0.3) is 0 Å². The number of oxazole rings is 1. The first kappa shape index (κ1) is 15.2. The van der Waals surface area contributed by atoms with Crippen molar-refractivity contribution in [3.05, 3.63) is 42.0 Å². The number of hydrogen-bond donors (Lipinski definition) is 2. The number of nitrogens with zero attached hydrogens (tertiary/aromatic N) is 1. The molecule has 0 bridgehead atoms. The van der Waals surface area contributed by atoms with Gasteiger partial charge in [0.05, 0.1) is 18.0 Å². The molecule has 1 aliphatic rings. The van der Waals surface area contributed by atoms with Crippen molar-refractivity contribution in [2.45, 2.75) is 25.3 Å². The fraction of sp³-hybridized carbons (Fsp3) is 0.312. The van der Waals surface area contributed by atoms with E-state index in [4.69, 9.17) is 9.52 Å². The molecule has 1 aliphatic carbocycles. The fourth-order valence-electron chi connectivity index (χ4n) is 2.49. The summed E-state index contributed by atoms with van der Waals surface area (Å²) in [5.74, 6) is -1.44. The molecule has 0 radical (unpaired) electrons. The Hall–Kier alpha value is -2.70. The zero-order valence-corrected chi connectivity index (χ0v) is 12.2. The van der Waals surface area contributed by atoms with Gasteiger partial charge in [-0.05, 0) is 37.1 Å². The van der Waals surface area contributed by atoms with Crippen LogP contribution < -0.4 is 5.32 Å². The number of aliphatic carboxylic acids is 1. The summed E-state index contributed by atoms with van der Waals surface area (Å²) in [6.45, 7) is 0. The predicted octanol–water partition coefficient (Wildman–Crippen LogP) is 2.00. The van der Waals surface area contributed by atoms with Gasteiger partial charge in [0, 0.05) is 11.6 Å². The molecule has 2 aromatic rings. The highest BCUT2D eigenvalue weighted by atomic mass is 19.1. The van der Waals surface area contributed by atoms with Crippen LogP contribution in [0.15, 0.2) is 34.9 Å². The number of carboxylic acids is 1. The number of carbonyl (C=O) groups is 2. The molecule has 0 unspecified atom stereocenters. The van der Waals surface area contributed by atoms with E-state index in [1.54, 1.807) is 12.1 Å². The Morgan fingerprint density at radius 3 is 2.65 bits per heavy atom. The molecular weight excluding hydrogens is 303 g/mol. The van der Waals surface area contributed by atoms with Gasteiger partial charge in [0.2, 0.25) is 11.8 Å². The molecule has 2 N–H and O–H groups in total. The van der Waals surface area contributed by atoms with Crippen LogP contribution in [0.5, 0.6) is 0 Å². The second kappa shape index (κ2) is 6.20. The van der Waals surface area contributed by atoms with Crippen LogP contribution in [0, 0.1) is 11.7 Å². The summed E-state index contributed by atoms with van der Waals surface area (Å²) in [6.07, 6.45) is 2.36. The number of carbonyl (C=O) groups excluding carboxylic acids is 1. The Kier molecular flexibility index (Phi) is 4.10. The van der Waals surface area contributed by atoms with Crippen LogP contribution in [0.2, 0.25) is 0 Å². The third-order valence-corrected chi connectivity index (χ3v) is 3.84. The highest BCUT2D eigenvalue weighted by molar-refractivity contribution is 5.79. The maximum atomic E-state index is 12.9. The molecule has 1 aromatic heterocycles. The van der Waals surface area contributed by atoms with E-state index >= 15 is 0 Å². The zero-order chi connectivity index (χ0) is 16.4. The zero-order valence-electron chi connectivity index (χ0n) is 12.2. The van der Waals surface area contributed by atoms with Crippen molar-refractivity contribution in [3.8, 4) is 11.5 Å². The van der Waals surface area contributed by atoms with Crippen molar-refractivity contribution in [1.82, 2.24) is 10.3 Å². The minimum Gasteiger partial charge on any atom is -0.481 e. The molecule has 0 aliphatic heterocycles. The second-order valence-corrected chi connectivity index (χ2v) is 5.60. The van der Waals surface area contributed by atoms with E-state index in [2.05, 4.69) is 10.3 Å². The van der Waals surface area contributed by atoms with Crippen LogP contribution in [0.25, 0.3) is 11.5 Å². The first-order valence-electron chi connectivity index (χ1n) is 7.24. The molecule has 1 aromatic carbocycles. The molecular formula is C16H15FN2O4. The highest BCUT2D eigenvalue weighted by Crippen LogP contribution is 2.27. The lowest BCUT2D eigenvalue weighted by Gasteiger charge is -2.32. The summed E-state index contributed by atoms with van der Waals surface area (Å²) < 4.78 is 18.2. The molecule has 1 fully saturated rings. The van der Waals surface area contributed by atoms with Crippen LogP contribution in [-0.2, 0) is 16.0 Å². The smallest absolute Gasteiger partial charge is 0.306 e. The molecule has 0 spiro atoms. The lowest BCUT2D eigenvalue weighted by Crippen LogP contribution is -2.47. The maximum absolute atomic E-state index is 12.9. The molecule has 1 saturated carbocycles. The van der Waals surface area contributed by atoms with E-state index in [9.17, 15) is 14.0 Å². The summed E-state index contributed by atoms with van der Waals surface area (Å²) in [4.78, 5) is 26.8. The van der Waals surface area contributed by atoms with Gasteiger partial charge in [-0.2, -0.15) is 0 Å².